The summed E-state index contributed by atoms with van der Waals surface area (Å²) >= 11 is 0. The van der Waals surface area contributed by atoms with Crippen LogP contribution in [0.2, 0.25) is 0 Å². The summed E-state index contributed by atoms with van der Waals surface area (Å²) in [6.07, 6.45) is 0.873. The van der Waals surface area contributed by atoms with Crippen molar-refractivity contribution in [3.63, 3.8) is 0 Å². The highest BCUT2D eigenvalue weighted by Crippen LogP contribution is 2.58. The number of carbonyl (C=O) groups is 1. The van der Waals surface area contributed by atoms with Crippen molar-refractivity contribution in [1.29, 1.82) is 0 Å². The number of amides is 1. The second-order valence-corrected chi connectivity index (χ2v) is 10.2. The number of nitrogens with zero attached hydrogens (tertiary/aromatic N) is 5. The quantitative estimate of drug-likeness (QED) is 0.558. The molecule has 0 atom stereocenters. The minimum Gasteiger partial charge on any atom is -0.310 e. The molecule has 1 saturated carbocycles. The van der Waals surface area contributed by atoms with Crippen LogP contribution in [0.15, 0.2) is 30.6 Å². The molecule has 1 amide bonds. The zero-order valence-corrected chi connectivity index (χ0v) is 19.8. The average molecular weight is 500 g/mol. The minimum absolute atomic E-state index is 0.0434. The van der Waals surface area contributed by atoms with E-state index in [4.69, 9.17) is 4.98 Å². The molecule has 190 valence electrons. The van der Waals surface area contributed by atoms with Gasteiger partial charge in [-0.3, -0.25) is 9.48 Å². The van der Waals surface area contributed by atoms with Crippen molar-refractivity contribution in [1.82, 2.24) is 30.0 Å². The molecule has 2 N–H and O–H groups in total. The predicted octanol–water partition coefficient (Wildman–Crippen LogP) is 3.59. The summed E-state index contributed by atoms with van der Waals surface area (Å²) in [5.74, 6) is 0.0317. The number of nitrogens with one attached hydrogen (secondary N) is 2. The summed E-state index contributed by atoms with van der Waals surface area (Å²) < 4.78 is 41.8. The summed E-state index contributed by atoms with van der Waals surface area (Å²) in [5, 5.41) is 11.6. The highest BCUT2D eigenvalue weighted by molar-refractivity contribution is 5.93. The Kier molecular flexibility index (Phi) is 5.71. The van der Waals surface area contributed by atoms with Crippen molar-refractivity contribution in [3.8, 4) is 11.3 Å². The standard InChI is InChI=1S/C25H28F3N7O/c26-25(27,28)24(5-6-24)15-34-8-3-16(4-9-34)23(36)33-22-11-20-17(12-30-22)1-2-19(32-20)18-13-31-35-10-7-29-14-21(18)35/h1-2,11-13,16,29H,3-10,14-15H2,(H,30,33,36). The molecule has 2 fully saturated rings. The number of halogens is 3. The molecule has 0 aromatic carbocycles. The van der Waals surface area contributed by atoms with Crippen LogP contribution in [0.4, 0.5) is 19.0 Å². The molecule has 0 bridgehead atoms. The van der Waals surface area contributed by atoms with E-state index in [1.165, 1.54) is 0 Å². The Morgan fingerprint density at radius 1 is 1.17 bits per heavy atom. The highest BCUT2D eigenvalue weighted by atomic mass is 19.4. The smallest absolute Gasteiger partial charge is 0.310 e. The van der Waals surface area contributed by atoms with Crippen molar-refractivity contribution in [2.75, 3.05) is 31.5 Å². The van der Waals surface area contributed by atoms with Crippen molar-refractivity contribution in [2.45, 2.75) is 44.9 Å². The van der Waals surface area contributed by atoms with Gasteiger partial charge in [0.2, 0.25) is 5.91 Å². The maximum atomic E-state index is 13.3. The van der Waals surface area contributed by atoms with Gasteiger partial charge < -0.3 is 15.5 Å². The third-order valence-electron chi connectivity index (χ3n) is 7.78. The first-order valence-corrected chi connectivity index (χ1v) is 12.4. The summed E-state index contributed by atoms with van der Waals surface area (Å²) in [6.45, 7) is 3.49. The molecular formula is C25H28F3N7O. The molecule has 36 heavy (non-hydrogen) atoms. The third-order valence-corrected chi connectivity index (χ3v) is 7.78. The molecule has 0 radical (unpaired) electrons. The van der Waals surface area contributed by atoms with E-state index in [0.29, 0.717) is 31.7 Å². The van der Waals surface area contributed by atoms with Crippen molar-refractivity contribution >= 4 is 22.6 Å². The van der Waals surface area contributed by atoms with Gasteiger partial charge in [0.15, 0.2) is 0 Å². The normalized spacial score (nSPS) is 20.3. The zero-order valence-electron chi connectivity index (χ0n) is 19.8. The van der Waals surface area contributed by atoms with Crippen LogP contribution in [0.25, 0.3) is 22.2 Å². The lowest BCUT2D eigenvalue weighted by molar-refractivity contribution is -0.192. The van der Waals surface area contributed by atoms with Gasteiger partial charge >= 0.3 is 6.18 Å². The van der Waals surface area contributed by atoms with Gasteiger partial charge in [-0.2, -0.15) is 18.3 Å². The lowest BCUT2D eigenvalue weighted by atomic mass is 9.94. The second kappa shape index (κ2) is 8.81. The van der Waals surface area contributed by atoms with Crippen LogP contribution in [0.1, 0.15) is 31.4 Å². The van der Waals surface area contributed by atoms with Crippen molar-refractivity contribution < 1.29 is 18.0 Å². The molecule has 8 nitrogen and oxygen atoms in total. The van der Waals surface area contributed by atoms with Crippen LogP contribution in [0.5, 0.6) is 0 Å². The van der Waals surface area contributed by atoms with E-state index in [9.17, 15) is 18.0 Å². The molecule has 0 spiro atoms. The number of anilines is 1. The molecule has 3 aromatic heterocycles. The summed E-state index contributed by atoms with van der Waals surface area (Å²) in [7, 11) is 0. The van der Waals surface area contributed by atoms with E-state index in [0.717, 1.165) is 47.5 Å². The van der Waals surface area contributed by atoms with E-state index in [-0.39, 0.29) is 31.2 Å². The van der Waals surface area contributed by atoms with Gasteiger partial charge in [-0.25, -0.2) is 9.97 Å². The van der Waals surface area contributed by atoms with E-state index < -0.39 is 11.6 Å². The molecule has 0 unspecified atom stereocenters. The summed E-state index contributed by atoms with van der Waals surface area (Å²) in [5.41, 5.74) is 2.09. The molecule has 6 rings (SSSR count). The van der Waals surface area contributed by atoms with Crippen LogP contribution < -0.4 is 10.6 Å². The number of piperidine rings is 1. The summed E-state index contributed by atoms with van der Waals surface area (Å²) in [6, 6.07) is 5.67. The number of hydrogen-bond donors (Lipinski definition) is 2. The number of hydrogen-bond acceptors (Lipinski definition) is 6. The topological polar surface area (TPSA) is 88.0 Å². The molecule has 3 aromatic rings. The molecule has 3 aliphatic rings. The Morgan fingerprint density at radius 2 is 1.97 bits per heavy atom. The van der Waals surface area contributed by atoms with Crippen molar-refractivity contribution in [2.24, 2.45) is 11.3 Å². The van der Waals surface area contributed by atoms with Gasteiger partial charge in [0, 0.05) is 48.8 Å². The Labute approximate surface area is 206 Å². The fraction of sp³-hybridized carbons (Fsp3) is 0.520. The van der Waals surface area contributed by atoms with E-state index >= 15 is 0 Å². The SMILES string of the molecule is O=C(Nc1cc2nc(-c3cnn4c3CNCC4)ccc2cn1)C1CCN(CC2(C(F)(F)F)CC2)CC1. The van der Waals surface area contributed by atoms with Gasteiger partial charge in [0.25, 0.3) is 0 Å². The molecule has 5 heterocycles. The highest BCUT2D eigenvalue weighted by Gasteiger charge is 2.63. The lowest BCUT2D eigenvalue weighted by Gasteiger charge is -2.34. The van der Waals surface area contributed by atoms with Crippen LogP contribution in [-0.2, 0) is 17.9 Å². The average Bonchev–Trinajstić information content (AvgIpc) is 3.54. The van der Waals surface area contributed by atoms with Crippen LogP contribution in [0.3, 0.4) is 0 Å². The Bertz CT molecular complexity index is 1290. The van der Waals surface area contributed by atoms with Gasteiger partial charge in [-0.05, 0) is 50.9 Å². The van der Waals surface area contributed by atoms with Crippen LogP contribution in [0, 0.1) is 11.3 Å². The zero-order chi connectivity index (χ0) is 24.9. The maximum Gasteiger partial charge on any atom is 0.395 e. The molecule has 11 heteroatoms. The van der Waals surface area contributed by atoms with E-state index in [1.807, 2.05) is 27.9 Å². The Balaban J connectivity index is 1.11. The number of carbonyl (C=O) groups excluding carboxylic acids is 1. The van der Waals surface area contributed by atoms with Crippen LogP contribution >= 0.6 is 0 Å². The predicted molar refractivity (Wildman–Crippen MR) is 128 cm³/mol. The lowest BCUT2D eigenvalue weighted by Crippen LogP contribution is -2.44. The number of aromatic nitrogens is 4. The molecule has 2 aliphatic heterocycles. The third kappa shape index (κ3) is 4.34. The number of fused-ring (bicyclic) bond motifs is 2. The number of likely N-dealkylation sites (tertiary alicyclic amines) is 1. The second-order valence-electron chi connectivity index (χ2n) is 10.2. The maximum absolute atomic E-state index is 13.3. The van der Waals surface area contributed by atoms with Gasteiger partial charge in [-0.15, -0.1) is 0 Å². The minimum atomic E-state index is -4.15. The van der Waals surface area contributed by atoms with Crippen LogP contribution in [-0.4, -0.2) is 62.9 Å². The first kappa shape index (κ1) is 23.4. The first-order chi connectivity index (χ1) is 17.3. The molecular weight excluding hydrogens is 471 g/mol. The van der Waals surface area contributed by atoms with Gasteiger partial charge in [-0.1, -0.05) is 0 Å². The monoisotopic (exact) mass is 499 g/mol. The Hall–Kier alpha value is -3.05. The fourth-order valence-corrected chi connectivity index (χ4v) is 5.32. The Morgan fingerprint density at radius 3 is 2.72 bits per heavy atom. The molecule has 1 saturated heterocycles. The number of alkyl halides is 3. The first-order valence-electron chi connectivity index (χ1n) is 12.4. The number of rotatable bonds is 5. The van der Waals surface area contributed by atoms with Gasteiger partial charge in [0.1, 0.15) is 5.82 Å². The van der Waals surface area contributed by atoms with E-state index in [1.54, 1.807) is 12.3 Å². The number of pyridine rings is 2. The summed E-state index contributed by atoms with van der Waals surface area (Å²) in [4.78, 5) is 23.9. The largest absolute Gasteiger partial charge is 0.395 e. The van der Waals surface area contributed by atoms with Crippen molar-refractivity contribution in [3.05, 3.63) is 36.3 Å². The van der Waals surface area contributed by atoms with E-state index in [2.05, 4.69) is 20.7 Å². The van der Waals surface area contributed by atoms with Gasteiger partial charge in [0.05, 0.1) is 35.1 Å². The fourth-order valence-electron chi connectivity index (χ4n) is 5.32. The molecule has 1 aliphatic carbocycles.